The van der Waals surface area contributed by atoms with Gasteiger partial charge >= 0.3 is 5.97 Å². The third-order valence-corrected chi connectivity index (χ3v) is 2.03. The number of nitrogens with one attached hydrogen (secondary N) is 1. The highest BCUT2D eigenvalue weighted by Crippen LogP contribution is 2.25. The molecule has 0 radical (unpaired) electrons. The summed E-state index contributed by atoms with van der Waals surface area (Å²) >= 11 is 3.23. The van der Waals surface area contributed by atoms with Gasteiger partial charge in [0.25, 0.3) is 0 Å². The predicted octanol–water partition coefficient (Wildman–Crippen LogP) is 1.96. The number of ether oxygens (including phenoxy) is 2. The molecule has 1 rings (SSSR count). The van der Waals surface area contributed by atoms with Gasteiger partial charge < -0.3 is 14.5 Å². The van der Waals surface area contributed by atoms with Gasteiger partial charge in [-0.15, -0.1) is 0 Å². The van der Waals surface area contributed by atoms with Crippen LogP contribution in [0.5, 0.6) is 5.75 Å². The Bertz CT molecular complexity index is 308. The first-order valence-corrected chi connectivity index (χ1v) is 4.58. The molecule has 4 nitrogen and oxygen atoms in total. The van der Waals surface area contributed by atoms with E-state index in [0.717, 1.165) is 0 Å². The van der Waals surface area contributed by atoms with Crippen LogP contribution in [0.1, 0.15) is 17.4 Å². The van der Waals surface area contributed by atoms with Crippen LogP contribution in [0.3, 0.4) is 0 Å². The van der Waals surface area contributed by atoms with E-state index in [4.69, 9.17) is 4.74 Å². The Hall–Kier alpha value is -0.970. The van der Waals surface area contributed by atoms with E-state index in [1.54, 1.807) is 6.07 Å². The van der Waals surface area contributed by atoms with Crippen LogP contribution < -0.4 is 4.74 Å². The summed E-state index contributed by atoms with van der Waals surface area (Å²) in [5.41, 5.74) is 0.373. The van der Waals surface area contributed by atoms with Crippen LogP contribution >= 0.6 is 15.9 Å². The van der Waals surface area contributed by atoms with Gasteiger partial charge in [0, 0.05) is 6.07 Å². The van der Waals surface area contributed by atoms with Gasteiger partial charge in [-0.05, 0) is 22.9 Å². The van der Waals surface area contributed by atoms with Gasteiger partial charge in [0.05, 0.1) is 13.7 Å². The molecule has 0 saturated carbocycles. The van der Waals surface area contributed by atoms with Crippen molar-refractivity contribution >= 4 is 21.9 Å². The number of carbonyl (C=O) groups is 1. The zero-order chi connectivity index (χ0) is 9.84. The molecule has 0 aromatic carbocycles. The number of rotatable bonds is 3. The van der Waals surface area contributed by atoms with Gasteiger partial charge in [0.2, 0.25) is 0 Å². The Balaban J connectivity index is 2.88. The monoisotopic (exact) mass is 247 g/mol. The lowest BCUT2D eigenvalue weighted by Crippen LogP contribution is -2.00. The van der Waals surface area contributed by atoms with Crippen LogP contribution in [0.4, 0.5) is 0 Å². The normalized spacial score (nSPS) is 9.77. The highest BCUT2D eigenvalue weighted by atomic mass is 79.9. The van der Waals surface area contributed by atoms with Crippen molar-refractivity contribution in [3.8, 4) is 5.75 Å². The lowest BCUT2D eigenvalue weighted by molar-refractivity contribution is 0.0594. The second-order valence-electron chi connectivity index (χ2n) is 2.29. The van der Waals surface area contributed by atoms with Gasteiger partial charge in [-0.25, -0.2) is 4.79 Å². The zero-order valence-electron chi connectivity index (χ0n) is 7.39. The molecule has 0 amide bonds. The van der Waals surface area contributed by atoms with Crippen LogP contribution in [-0.2, 0) is 4.74 Å². The fourth-order valence-electron chi connectivity index (χ4n) is 0.891. The molecule has 0 spiro atoms. The number of carbonyl (C=O) groups excluding carboxylic acids is 1. The van der Waals surface area contributed by atoms with Gasteiger partial charge in [-0.3, -0.25) is 0 Å². The molecule has 1 aromatic rings. The predicted molar refractivity (Wildman–Crippen MR) is 51.0 cm³/mol. The number of H-pyrrole nitrogens is 1. The first-order valence-electron chi connectivity index (χ1n) is 3.78. The fourth-order valence-corrected chi connectivity index (χ4v) is 1.33. The minimum atomic E-state index is -0.411. The number of aromatic nitrogens is 1. The van der Waals surface area contributed by atoms with E-state index in [1.165, 1.54) is 7.11 Å². The minimum absolute atomic E-state index is 0.373. The lowest BCUT2D eigenvalue weighted by atomic mass is 10.4. The average molecular weight is 248 g/mol. The Morgan fingerprint density at radius 3 is 2.92 bits per heavy atom. The van der Waals surface area contributed by atoms with Crippen LogP contribution in [0, 0.1) is 0 Å². The van der Waals surface area contributed by atoms with Crippen molar-refractivity contribution in [2.75, 3.05) is 13.7 Å². The number of hydrogen-bond acceptors (Lipinski definition) is 3. The molecule has 0 bridgehead atoms. The molecule has 1 aromatic heterocycles. The standard InChI is InChI=1S/C8H10BrNO3/c1-3-13-6-4-5(8(11)12-2)10-7(6)9/h4,10H,3H2,1-2H3. The maximum Gasteiger partial charge on any atom is 0.354 e. The van der Waals surface area contributed by atoms with Crippen molar-refractivity contribution < 1.29 is 14.3 Å². The topological polar surface area (TPSA) is 51.3 Å². The first-order chi connectivity index (χ1) is 6.19. The van der Waals surface area contributed by atoms with E-state index in [-0.39, 0.29) is 0 Å². The van der Waals surface area contributed by atoms with Crippen molar-refractivity contribution in [1.82, 2.24) is 4.98 Å². The number of aromatic amines is 1. The molecule has 0 aliphatic heterocycles. The average Bonchev–Trinajstić information content (AvgIpc) is 2.47. The van der Waals surface area contributed by atoms with Gasteiger partial charge in [0.15, 0.2) is 5.75 Å². The Labute approximate surface area is 84.4 Å². The Morgan fingerprint density at radius 2 is 2.38 bits per heavy atom. The van der Waals surface area contributed by atoms with E-state index >= 15 is 0 Å². The van der Waals surface area contributed by atoms with Crippen molar-refractivity contribution in [3.63, 3.8) is 0 Å². The molecular weight excluding hydrogens is 238 g/mol. The summed E-state index contributed by atoms with van der Waals surface area (Å²) in [5, 5.41) is 0. The maximum atomic E-state index is 11.1. The Kier molecular flexibility index (Phi) is 3.36. The SMILES string of the molecule is CCOc1cc(C(=O)OC)[nH]c1Br. The molecule has 0 saturated heterocycles. The van der Waals surface area contributed by atoms with Crippen molar-refractivity contribution in [2.45, 2.75) is 6.92 Å². The molecule has 5 heteroatoms. The maximum absolute atomic E-state index is 11.1. The number of esters is 1. The van der Waals surface area contributed by atoms with Gasteiger partial charge in [-0.1, -0.05) is 0 Å². The van der Waals surface area contributed by atoms with Gasteiger partial charge in [0.1, 0.15) is 10.3 Å². The summed E-state index contributed by atoms with van der Waals surface area (Å²) < 4.78 is 10.4. The third kappa shape index (κ3) is 2.24. The summed E-state index contributed by atoms with van der Waals surface area (Å²) in [6, 6.07) is 1.60. The smallest absolute Gasteiger partial charge is 0.354 e. The summed E-state index contributed by atoms with van der Waals surface area (Å²) in [5.74, 6) is 0.203. The third-order valence-electron chi connectivity index (χ3n) is 1.44. The molecule has 0 aliphatic rings. The highest BCUT2D eigenvalue weighted by molar-refractivity contribution is 9.10. The molecular formula is C8H10BrNO3. The van der Waals surface area contributed by atoms with Crippen molar-refractivity contribution in [2.24, 2.45) is 0 Å². The molecule has 0 atom stereocenters. The molecule has 72 valence electrons. The van der Waals surface area contributed by atoms with Crippen LogP contribution in [-0.4, -0.2) is 24.7 Å². The van der Waals surface area contributed by atoms with E-state index < -0.39 is 5.97 Å². The number of hydrogen-bond donors (Lipinski definition) is 1. The molecule has 1 heterocycles. The van der Waals surface area contributed by atoms with Crippen molar-refractivity contribution in [3.05, 3.63) is 16.4 Å². The van der Waals surface area contributed by atoms with Crippen molar-refractivity contribution in [1.29, 1.82) is 0 Å². The van der Waals surface area contributed by atoms with E-state index in [2.05, 4.69) is 25.7 Å². The van der Waals surface area contributed by atoms with Gasteiger partial charge in [-0.2, -0.15) is 0 Å². The van der Waals surface area contributed by atoms with E-state index in [0.29, 0.717) is 22.7 Å². The number of methoxy groups -OCH3 is 1. The molecule has 0 fully saturated rings. The summed E-state index contributed by atoms with van der Waals surface area (Å²) in [7, 11) is 1.33. The zero-order valence-corrected chi connectivity index (χ0v) is 8.97. The first kappa shape index (κ1) is 10.1. The fraction of sp³-hybridized carbons (Fsp3) is 0.375. The summed E-state index contributed by atoms with van der Waals surface area (Å²) in [6.07, 6.45) is 0. The number of halogens is 1. The summed E-state index contributed by atoms with van der Waals surface area (Å²) in [6.45, 7) is 2.42. The van der Waals surface area contributed by atoms with E-state index in [9.17, 15) is 4.79 Å². The lowest BCUT2D eigenvalue weighted by Gasteiger charge is -1.97. The van der Waals surface area contributed by atoms with E-state index in [1.807, 2.05) is 6.92 Å². The second-order valence-corrected chi connectivity index (χ2v) is 3.08. The second kappa shape index (κ2) is 4.32. The van der Waals surface area contributed by atoms with Crippen LogP contribution in [0.15, 0.2) is 10.7 Å². The molecule has 0 unspecified atom stereocenters. The molecule has 1 N–H and O–H groups in total. The summed E-state index contributed by atoms with van der Waals surface area (Å²) in [4.78, 5) is 13.9. The molecule has 13 heavy (non-hydrogen) atoms. The largest absolute Gasteiger partial charge is 0.491 e. The van der Waals surface area contributed by atoms with Crippen LogP contribution in [0.25, 0.3) is 0 Å². The Morgan fingerprint density at radius 1 is 1.69 bits per heavy atom. The quantitative estimate of drug-likeness (QED) is 0.832. The minimum Gasteiger partial charge on any atom is -0.491 e. The van der Waals surface area contributed by atoms with Crippen LogP contribution in [0.2, 0.25) is 0 Å². The highest BCUT2D eigenvalue weighted by Gasteiger charge is 2.12. The molecule has 0 aliphatic carbocycles.